The first-order chi connectivity index (χ1) is 13.7. The van der Waals surface area contributed by atoms with Gasteiger partial charge < -0.3 is 10.2 Å². The molecule has 5 heteroatoms. The number of benzene rings is 2. The molecule has 0 fully saturated rings. The molecular weight excluding hydrogens is 440 g/mol. The van der Waals surface area contributed by atoms with Crippen LogP contribution in [0.3, 0.4) is 0 Å². The summed E-state index contributed by atoms with van der Waals surface area (Å²) in [6.07, 6.45) is 20.0. The molecule has 2 aromatic rings. The Morgan fingerprint density at radius 3 is 1.17 bits per heavy atom. The summed E-state index contributed by atoms with van der Waals surface area (Å²) in [5, 5.41) is 34.1. The Balaban J connectivity index is 0.000000369. The maximum atomic E-state index is 8.74. The van der Waals surface area contributed by atoms with Gasteiger partial charge in [-0.05, 0) is 48.5 Å². The van der Waals surface area contributed by atoms with E-state index in [0.29, 0.717) is 11.1 Å². The van der Waals surface area contributed by atoms with E-state index in [4.69, 9.17) is 20.7 Å². The van der Waals surface area contributed by atoms with Gasteiger partial charge in [0.15, 0.2) is 0 Å². The third-order valence-corrected chi connectivity index (χ3v) is 3.16. The average molecular weight is 460 g/mol. The fraction of sp³-hybridized carbons (Fsp3) is 0.0833. The first kappa shape index (κ1) is 25.9. The molecule has 0 aliphatic heterocycles. The number of phenolic OH excluding ortho intramolecular Hbond substituents is 2. The van der Waals surface area contributed by atoms with E-state index in [1.54, 1.807) is 24.3 Å². The van der Waals surface area contributed by atoms with Crippen molar-refractivity contribution in [2.75, 3.05) is 0 Å². The van der Waals surface area contributed by atoms with E-state index in [2.05, 4.69) is 24.3 Å². The summed E-state index contributed by atoms with van der Waals surface area (Å²) in [7, 11) is 0. The van der Waals surface area contributed by atoms with Gasteiger partial charge in [-0.3, -0.25) is 12.2 Å². The maximum Gasteiger partial charge on any atom is 2.00 e. The molecule has 142 valence electrons. The standard InChI is InChI=1S/2C7H5NO.2C5H5.Zr/c2*8-5-6-1-3-7(9)4-2-6;2*1-2-4-5-3-1;/h2*1-4,9H;2*1-3H,4H2;/q;;2*-1;+2. The third kappa shape index (κ3) is 13.6. The molecule has 4 rings (SSSR count). The molecule has 0 amide bonds. The fourth-order valence-corrected chi connectivity index (χ4v) is 1.75. The van der Waals surface area contributed by atoms with E-state index in [0.717, 1.165) is 12.8 Å². The number of phenols is 2. The molecule has 0 saturated heterocycles. The molecule has 0 heterocycles. The van der Waals surface area contributed by atoms with E-state index in [9.17, 15) is 0 Å². The Bertz CT molecular complexity index is 800. The molecule has 0 bridgehead atoms. The number of allylic oxidation sites excluding steroid dienone is 8. The summed E-state index contributed by atoms with van der Waals surface area (Å²) in [4.78, 5) is 0. The zero-order valence-corrected chi connectivity index (χ0v) is 18.2. The van der Waals surface area contributed by atoms with Gasteiger partial charge in [0.05, 0.1) is 23.3 Å². The number of hydrogen-bond donors (Lipinski definition) is 2. The molecular formula is C24H20N2O2Zr. The van der Waals surface area contributed by atoms with Gasteiger partial charge in [0.2, 0.25) is 0 Å². The summed E-state index contributed by atoms with van der Waals surface area (Å²) in [5.41, 5.74) is 1.13. The maximum absolute atomic E-state index is 8.74. The first-order valence-corrected chi connectivity index (χ1v) is 8.47. The molecule has 0 spiro atoms. The quantitative estimate of drug-likeness (QED) is 0.534. The predicted octanol–water partition coefficient (Wildman–Crippen LogP) is 5.14. The minimum Gasteiger partial charge on any atom is -0.508 e. The number of hydrogen-bond acceptors (Lipinski definition) is 4. The summed E-state index contributed by atoms with van der Waals surface area (Å²) in [5.74, 6) is 0.378. The Morgan fingerprint density at radius 1 is 0.655 bits per heavy atom. The average Bonchev–Trinajstić information content (AvgIpc) is 3.48. The van der Waals surface area contributed by atoms with Crippen molar-refractivity contribution in [3.05, 3.63) is 108 Å². The SMILES string of the molecule is N#Cc1ccc(O)cc1.N#Cc1ccc(O)cc1.[C-]1=CC=CC1.[C-]1=CC=CC1.[Zr+2]. The van der Waals surface area contributed by atoms with E-state index in [1.165, 1.54) is 24.3 Å². The van der Waals surface area contributed by atoms with Crippen LogP contribution in [-0.2, 0) is 26.2 Å². The Hall–Kier alpha value is -3.14. The molecule has 29 heavy (non-hydrogen) atoms. The summed E-state index contributed by atoms with van der Waals surface area (Å²) in [6.45, 7) is 0. The molecule has 0 aromatic heterocycles. The van der Waals surface area contributed by atoms with Crippen LogP contribution in [0.15, 0.2) is 85.0 Å². The van der Waals surface area contributed by atoms with Gasteiger partial charge in [-0.15, -0.1) is 12.8 Å². The van der Waals surface area contributed by atoms with Crippen molar-refractivity contribution in [2.24, 2.45) is 0 Å². The van der Waals surface area contributed by atoms with Crippen LogP contribution in [0.5, 0.6) is 11.5 Å². The van der Waals surface area contributed by atoms with Gasteiger partial charge in [0, 0.05) is 0 Å². The first-order valence-electron chi connectivity index (χ1n) is 8.47. The van der Waals surface area contributed by atoms with Crippen LogP contribution in [0.2, 0.25) is 0 Å². The molecule has 0 saturated carbocycles. The Kier molecular flexibility index (Phi) is 15.2. The smallest absolute Gasteiger partial charge is 0.508 e. The zero-order valence-electron chi connectivity index (χ0n) is 15.8. The van der Waals surface area contributed by atoms with E-state index in [1.807, 2.05) is 36.4 Å². The van der Waals surface area contributed by atoms with Crippen molar-refractivity contribution in [1.82, 2.24) is 0 Å². The Morgan fingerprint density at radius 2 is 1.00 bits per heavy atom. The van der Waals surface area contributed by atoms with Crippen LogP contribution in [-0.4, -0.2) is 10.2 Å². The molecule has 2 aliphatic carbocycles. The van der Waals surface area contributed by atoms with Crippen LogP contribution >= 0.6 is 0 Å². The summed E-state index contributed by atoms with van der Waals surface area (Å²) < 4.78 is 0. The largest absolute Gasteiger partial charge is 2.00 e. The number of rotatable bonds is 0. The van der Waals surface area contributed by atoms with Crippen molar-refractivity contribution in [3.8, 4) is 23.6 Å². The van der Waals surface area contributed by atoms with Gasteiger partial charge in [-0.2, -0.15) is 22.7 Å². The molecule has 2 aromatic carbocycles. The van der Waals surface area contributed by atoms with Crippen molar-refractivity contribution in [2.45, 2.75) is 12.8 Å². The molecule has 4 nitrogen and oxygen atoms in total. The summed E-state index contributed by atoms with van der Waals surface area (Å²) >= 11 is 0. The van der Waals surface area contributed by atoms with E-state index < -0.39 is 0 Å². The van der Waals surface area contributed by atoms with E-state index in [-0.39, 0.29) is 37.7 Å². The van der Waals surface area contributed by atoms with Crippen molar-refractivity contribution < 1.29 is 36.4 Å². The molecule has 2 N–H and O–H groups in total. The normalized spacial score (nSPS) is 11.2. The fourth-order valence-electron chi connectivity index (χ4n) is 1.75. The van der Waals surface area contributed by atoms with Gasteiger partial charge in [-0.1, -0.05) is 0 Å². The van der Waals surface area contributed by atoms with Crippen LogP contribution in [0.25, 0.3) is 0 Å². The van der Waals surface area contributed by atoms with Crippen LogP contribution in [0.4, 0.5) is 0 Å². The van der Waals surface area contributed by atoms with Crippen molar-refractivity contribution >= 4 is 0 Å². The second-order valence-corrected chi connectivity index (χ2v) is 5.32. The van der Waals surface area contributed by atoms with Crippen LogP contribution < -0.4 is 0 Å². The molecule has 0 unspecified atom stereocenters. The number of nitriles is 2. The molecule has 2 aliphatic rings. The number of aromatic hydroxyl groups is 2. The molecule has 0 radical (unpaired) electrons. The van der Waals surface area contributed by atoms with Gasteiger partial charge in [0.25, 0.3) is 0 Å². The van der Waals surface area contributed by atoms with Gasteiger partial charge in [-0.25, -0.2) is 24.3 Å². The van der Waals surface area contributed by atoms with Gasteiger partial charge in [0.1, 0.15) is 11.5 Å². The Labute approximate surface area is 191 Å². The minimum absolute atomic E-state index is 0. The third-order valence-electron chi connectivity index (χ3n) is 3.16. The minimum atomic E-state index is 0. The van der Waals surface area contributed by atoms with Crippen LogP contribution in [0.1, 0.15) is 24.0 Å². The molecule has 0 atom stereocenters. The van der Waals surface area contributed by atoms with Crippen molar-refractivity contribution in [1.29, 1.82) is 10.5 Å². The zero-order chi connectivity index (χ0) is 20.5. The second-order valence-electron chi connectivity index (χ2n) is 5.32. The van der Waals surface area contributed by atoms with Gasteiger partial charge >= 0.3 is 26.2 Å². The van der Waals surface area contributed by atoms with E-state index >= 15 is 0 Å². The predicted molar refractivity (Wildman–Crippen MR) is 109 cm³/mol. The number of nitrogens with zero attached hydrogens (tertiary/aromatic N) is 2. The second kappa shape index (κ2) is 17.0. The monoisotopic (exact) mass is 458 g/mol. The summed E-state index contributed by atoms with van der Waals surface area (Å²) in [6, 6.07) is 16.1. The van der Waals surface area contributed by atoms with Crippen LogP contribution in [0, 0.1) is 34.8 Å². The topological polar surface area (TPSA) is 88.0 Å². The van der Waals surface area contributed by atoms with Crippen molar-refractivity contribution in [3.63, 3.8) is 0 Å².